The van der Waals surface area contributed by atoms with Crippen LogP contribution in [0, 0.1) is 0 Å². The molecule has 2 N–H and O–H groups in total. The molecule has 0 aliphatic carbocycles. The second-order valence-electron chi connectivity index (χ2n) is 4.25. The Bertz CT molecular complexity index is 401. The van der Waals surface area contributed by atoms with Gasteiger partial charge in [0.2, 0.25) is 0 Å². The van der Waals surface area contributed by atoms with Crippen LogP contribution in [0.25, 0.3) is 0 Å². The fourth-order valence-electron chi connectivity index (χ4n) is 2.02. The van der Waals surface area contributed by atoms with Gasteiger partial charge in [-0.1, -0.05) is 18.5 Å². The van der Waals surface area contributed by atoms with Crippen LogP contribution in [0.4, 0.5) is 11.6 Å². The van der Waals surface area contributed by atoms with Crippen LogP contribution in [0.3, 0.4) is 0 Å². The lowest BCUT2D eigenvalue weighted by molar-refractivity contribution is 0.0296. The number of ether oxygens (including phenoxy) is 1. The molecule has 2 heterocycles. The van der Waals surface area contributed by atoms with E-state index in [1.807, 2.05) is 6.92 Å². The number of nitrogens with two attached hydrogens (primary N) is 1. The maximum absolute atomic E-state index is 6.16. The summed E-state index contributed by atoms with van der Waals surface area (Å²) in [6.07, 6.45) is 2.60. The Morgan fingerprint density at radius 1 is 1.59 bits per heavy atom. The number of nitrogen functional groups attached to an aromatic ring is 1. The topological polar surface area (TPSA) is 64.3 Å². The second-order valence-corrected chi connectivity index (χ2v) is 4.63. The minimum atomic E-state index is 0.171. The van der Waals surface area contributed by atoms with E-state index in [1.54, 1.807) is 0 Å². The molecule has 0 radical (unpaired) electrons. The maximum atomic E-state index is 6.16. The molecule has 0 amide bonds. The van der Waals surface area contributed by atoms with Gasteiger partial charge in [-0.15, -0.1) is 0 Å². The summed E-state index contributed by atoms with van der Waals surface area (Å²) in [5.41, 5.74) is 5.71. The van der Waals surface area contributed by atoms with Crippen LogP contribution in [0.15, 0.2) is 6.33 Å². The first-order chi connectivity index (χ1) is 8.13. The molecular formula is C11H17ClN4O. The molecule has 1 fully saturated rings. The van der Waals surface area contributed by atoms with Crippen LogP contribution in [0.1, 0.15) is 20.3 Å². The number of hydrogen-bond donors (Lipinski definition) is 1. The van der Waals surface area contributed by atoms with Crippen LogP contribution in [0.2, 0.25) is 5.02 Å². The number of rotatable bonds is 2. The van der Waals surface area contributed by atoms with Crippen molar-refractivity contribution in [1.29, 1.82) is 0 Å². The summed E-state index contributed by atoms with van der Waals surface area (Å²) in [4.78, 5) is 10.3. The van der Waals surface area contributed by atoms with E-state index in [9.17, 15) is 0 Å². The van der Waals surface area contributed by atoms with Crippen molar-refractivity contribution < 1.29 is 4.74 Å². The number of hydrogen-bond acceptors (Lipinski definition) is 5. The van der Waals surface area contributed by atoms with Gasteiger partial charge in [0.15, 0.2) is 5.82 Å². The summed E-state index contributed by atoms with van der Waals surface area (Å²) in [5, 5.41) is 0.431. The highest BCUT2D eigenvalue weighted by atomic mass is 35.5. The molecule has 1 aromatic rings. The van der Waals surface area contributed by atoms with Crippen molar-refractivity contribution in [3.63, 3.8) is 0 Å². The van der Waals surface area contributed by atoms with Crippen LogP contribution < -0.4 is 10.6 Å². The quantitative estimate of drug-likeness (QED) is 0.873. The van der Waals surface area contributed by atoms with Gasteiger partial charge in [0.25, 0.3) is 0 Å². The van der Waals surface area contributed by atoms with Crippen LogP contribution in [-0.4, -0.2) is 35.3 Å². The average Bonchev–Trinajstić information content (AvgIpc) is 2.33. The zero-order valence-corrected chi connectivity index (χ0v) is 10.8. The first-order valence-electron chi connectivity index (χ1n) is 5.77. The van der Waals surface area contributed by atoms with E-state index < -0.39 is 0 Å². The standard InChI is InChI=1S/C11H17ClN4O/c1-3-8-5-17-7(2)4-16(8)11-9(12)10(13)14-6-15-11/h6-8H,3-5H2,1-2H3,(H2,13,14,15). The van der Waals surface area contributed by atoms with Crippen molar-refractivity contribution in [1.82, 2.24) is 9.97 Å². The molecule has 2 rings (SSSR count). The summed E-state index contributed by atoms with van der Waals surface area (Å²) in [7, 11) is 0. The lowest BCUT2D eigenvalue weighted by Crippen LogP contribution is -2.49. The summed E-state index contributed by atoms with van der Waals surface area (Å²) in [5.74, 6) is 1.03. The lowest BCUT2D eigenvalue weighted by Gasteiger charge is -2.39. The minimum Gasteiger partial charge on any atom is -0.382 e. The van der Waals surface area contributed by atoms with Crippen molar-refractivity contribution in [2.45, 2.75) is 32.4 Å². The first-order valence-corrected chi connectivity index (χ1v) is 6.15. The molecule has 1 saturated heterocycles. The molecule has 0 aromatic carbocycles. The third kappa shape index (κ3) is 2.45. The lowest BCUT2D eigenvalue weighted by atomic mass is 10.1. The van der Waals surface area contributed by atoms with Gasteiger partial charge in [-0.2, -0.15) is 0 Å². The Balaban J connectivity index is 2.32. The van der Waals surface area contributed by atoms with Gasteiger partial charge in [0, 0.05) is 6.54 Å². The third-order valence-corrected chi connectivity index (χ3v) is 3.37. The van der Waals surface area contributed by atoms with Crippen molar-refractivity contribution in [3.05, 3.63) is 11.3 Å². The van der Waals surface area contributed by atoms with Crippen LogP contribution >= 0.6 is 11.6 Å². The molecule has 0 bridgehead atoms. The van der Waals surface area contributed by atoms with E-state index in [4.69, 9.17) is 22.1 Å². The van der Waals surface area contributed by atoms with E-state index in [-0.39, 0.29) is 12.1 Å². The fraction of sp³-hybridized carbons (Fsp3) is 0.636. The van der Waals surface area contributed by atoms with E-state index in [2.05, 4.69) is 21.8 Å². The molecule has 94 valence electrons. The van der Waals surface area contributed by atoms with E-state index in [1.165, 1.54) is 6.33 Å². The predicted octanol–water partition coefficient (Wildman–Crippen LogP) is 1.72. The smallest absolute Gasteiger partial charge is 0.153 e. The highest BCUT2D eigenvalue weighted by molar-refractivity contribution is 6.35. The van der Waals surface area contributed by atoms with Gasteiger partial charge in [-0.25, -0.2) is 9.97 Å². The molecule has 0 spiro atoms. The Morgan fingerprint density at radius 3 is 3.06 bits per heavy atom. The minimum absolute atomic E-state index is 0.171. The SMILES string of the molecule is CCC1COC(C)CN1c1ncnc(N)c1Cl. The number of nitrogens with zero attached hydrogens (tertiary/aromatic N) is 3. The predicted molar refractivity (Wildman–Crippen MR) is 68.3 cm³/mol. The third-order valence-electron chi connectivity index (χ3n) is 3.01. The van der Waals surface area contributed by atoms with E-state index >= 15 is 0 Å². The fourth-order valence-corrected chi connectivity index (χ4v) is 2.22. The molecule has 1 aromatic heterocycles. The summed E-state index contributed by atoms with van der Waals surface area (Å²) >= 11 is 6.16. The van der Waals surface area contributed by atoms with Gasteiger partial charge < -0.3 is 15.4 Å². The molecular weight excluding hydrogens is 240 g/mol. The molecule has 5 nitrogen and oxygen atoms in total. The molecule has 6 heteroatoms. The highest BCUT2D eigenvalue weighted by Gasteiger charge is 2.28. The van der Waals surface area contributed by atoms with Gasteiger partial charge in [0.05, 0.1) is 18.8 Å². The summed E-state index contributed by atoms with van der Waals surface area (Å²) in [6, 6.07) is 0.290. The van der Waals surface area contributed by atoms with Gasteiger partial charge in [-0.05, 0) is 13.3 Å². The second kappa shape index (κ2) is 5.06. The van der Waals surface area contributed by atoms with Gasteiger partial charge in [-0.3, -0.25) is 0 Å². The number of halogens is 1. The highest BCUT2D eigenvalue weighted by Crippen LogP contribution is 2.30. The van der Waals surface area contributed by atoms with Crippen molar-refractivity contribution in [2.24, 2.45) is 0 Å². The van der Waals surface area contributed by atoms with Crippen LogP contribution in [-0.2, 0) is 4.74 Å². The van der Waals surface area contributed by atoms with Crippen molar-refractivity contribution in [2.75, 3.05) is 23.8 Å². The molecule has 1 aliphatic rings. The van der Waals surface area contributed by atoms with Gasteiger partial charge >= 0.3 is 0 Å². The maximum Gasteiger partial charge on any atom is 0.153 e. The average molecular weight is 257 g/mol. The number of morpholine rings is 1. The molecule has 2 atom stereocenters. The Labute approximate surface area is 106 Å². The van der Waals surface area contributed by atoms with Crippen molar-refractivity contribution >= 4 is 23.2 Å². The zero-order chi connectivity index (χ0) is 12.4. The first kappa shape index (κ1) is 12.4. The van der Waals surface area contributed by atoms with Crippen LogP contribution in [0.5, 0.6) is 0 Å². The number of aromatic nitrogens is 2. The Morgan fingerprint density at radius 2 is 2.35 bits per heavy atom. The zero-order valence-electron chi connectivity index (χ0n) is 10.1. The molecule has 1 aliphatic heterocycles. The Kier molecular flexibility index (Phi) is 3.69. The normalized spacial score (nSPS) is 25.0. The molecule has 0 saturated carbocycles. The number of anilines is 2. The largest absolute Gasteiger partial charge is 0.382 e. The van der Waals surface area contributed by atoms with E-state index in [0.29, 0.717) is 23.3 Å². The van der Waals surface area contributed by atoms with Crippen molar-refractivity contribution in [3.8, 4) is 0 Å². The van der Waals surface area contributed by atoms with E-state index in [0.717, 1.165) is 13.0 Å². The summed E-state index contributed by atoms with van der Waals surface area (Å²) < 4.78 is 5.64. The molecule has 17 heavy (non-hydrogen) atoms. The monoisotopic (exact) mass is 256 g/mol. The van der Waals surface area contributed by atoms with Gasteiger partial charge in [0.1, 0.15) is 17.2 Å². The summed E-state index contributed by atoms with van der Waals surface area (Å²) in [6.45, 7) is 5.62. The molecule has 2 unspecified atom stereocenters. The Hall–Kier alpha value is -1.07.